The largest absolute Gasteiger partial charge is 0.477 e. The average molecular weight is 518 g/mol. The van der Waals surface area contributed by atoms with Crippen LogP contribution in [0.25, 0.3) is 11.5 Å². The summed E-state index contributed by atoms with van der Waals surface area (Å²) in [5.74, 6) is 1.13. The minimum atomic E-state index is -0.188. The number of carbonyl (C=O) groups is 1. The molecule has 0 radical (unpaired) electrons. The first-order chi connectivity index (χ1) is 18.0. The molecule has 0 amide bonds. The molecule has 2 aromatic rings. The van der Waals surface area contributed by atoms with E-state index in [0.717, 1.165) is 63.8 Å². The molecule has 1 saturated carbocycles. The zero-order chi connectivity index (χ0) is 26.7. The fourth-order valence-corrected chi connectivity index (χ4v) is 4.73. The molecule has 10 heteroatoms. The molecular formula is C27H43N5O5. The molecular weight excluding hydrogens is 474 g/mol. The Morgan fingerprint density at radius 1 is 1.08 bits per heavy atom. The topological polar surface area (TPSA) is 101 Å². The first kappa shape index (κ1) is 29.2. The maximum Gasteiger partial charge on any atom is 0.217 e. The van der Waals surface area contributed by atoms with Gasteiger partial charge in [0, 0.05) is 45.2 Å². The van der Waals surface area contributed by atoms with E-state index in [0.29, 0.717) is 36.2 Å². The lowest BCUT2D eigenvalue weighted by atomic mass is 9.89. The summed E-state index contributed by atoms with van der Waals surface area (Å²) in [6.45, 7) is 7.69. The molecule has 0 bridgehead atoms. The third-order valence-corrected chi connectivity index (χ3v) is 6.96. The molecule has 2 saturated heterocycles. The predicted molar refractivity (Wildman–Crippen MR) is 141 cm³/mol. The van der Waals surface area contributed by atoms with Crippen molar-refractivity contribution in [2.24, 2.45) is 13.0 Å². The van der Waals surface area contributed by atoms with Crippen LogP contribution in [0, 0.1) is 5.92 Å². The van der Waals surface area contributed by atoms with Crippen molar-refractivity contribution in [1.82, 2.24) is 24.4 Å². The molecule has 0 atom stereocenters. The van der Waals surface area contributed by atoms with Gasteiger partial charge >= 0.3 is 0 Å². The molecule has 206 valence electrons. The van der Waals surface area contributed by atoms with Crippen molar-refractivity contribution in [3.63, 3.8) is 0 Å². The summed E-state index contributed by atoms with van der Waals surface area (Å²) in [5, 5.41) is 0. The second-order valence-electron chi connectivity index (χ2n) is 9.63. The third-order valence-electron chi connectivity index (χ3n) is 6.96. The molecule has 0 aromatic carbocycles. The Balaban J connectivity index is 0.000000216. The Morgan fingerprint density at radius 3 is 2.32 bits per heavy atom. The molecule has 1 spiro atoms. The average Bonchev–Trinajstić information content (AvgIpc) is 3.58. The van der Waals surface area contributed by atoms with Crippen molar-refractivity contribution < 1.29 is 23.7 Å². The maximum absolute atomic E-state index is 11.1. The summed E-state index contributed by atoms with van der Waals surface area (Å²) < 4.78 is 24.2. The van der Waals surface area contributed by atoms with Crippen molar-refractivity contribution in [3.8, 4) is 17.4 Å². The molecule has 0 unspecified atom stereocenters. The number of rotatable bonds is 6. The van der Waals surface area contributed by atoms with Gasteiger partial charge in [0.25, 0.3) is 0 Å². The Bertz CT molecular complexity index is 944. The van der Waals surface area contributed by atoms with Crippen LogP contribution < -0.4 is 4.74 Å². The smallest absolute Gasteiger partial charge is 0.217 e. The van der Waals surface area contributed by atoms with Crippen molar-refractivity contribution >= 4 is 6.29 Å². The highest BCUT2D eigenvalue weighted by Gasteiger charge is 2.40. The molecule has 10 nitrogen and oxygen atoms in total. The summed E-state index contributed by atoms with van der Waals surface area (Å²) in [7, 11) is 6.15. The quantitative estimate of drug-likeness (QED) is 0.530. The number of hydrogen-bond acceptors (Lipinski definition) is 9. The second-order valence-corrected chi connectivity index (χ2v) is 9.63. The van der Waals surface area contributed by atoms with Gasteiger partial charge in [-0.15, -0.1) is 0 Å². The van der Waals surface area contributed by atoms with Crippen LogP contribution in [0.2, 0.25) is 0 Å². The van der Waals surface area contributed by atoms with Gasteiger partial charge in [0.05, 0.1) is 32.3 Å². The van der Waals surface area contributed by atoms with E-state index in [1.165, 1.54) is 12.8 Å². The van der Waals surface area contributed by atoms with Crippen LogP contribution in [0.15, 0.2) is 18.6 Å². The van der Waals surface area contributed by atoms with E-state index in [1.807, 2.05) is 20.9 Å². The van der Waals surface area contributed by atoms with Gasteiger partial charge in [0.15, 0.2) is 17.9 Å². The summed E-state index contributed by atoms with van der Waals surface area (Å²) in [5.41, 5.74) is 1.03. The minimum Gasteiger partial charge on any atom is -0.477 e. The van der Waals surface area contributed by atoms with E-state index in [1.54, 1.807) is 23.2 Å². The third kappa shape index (κ3) is 8.29. The van der Waals surface area contributed by atoms with Crippen molar-refractivity contribution in [1.29, 1.82) is 0 Å². The monoisotopic (exact) mass is 517 g/mol. The number of hydrogen-bond donors (Lipinski definition) is 0. The molecule has 3 fully saturated rings. The Kier molecular flexibility index (Phi) is 11.4. The summed E-state index contributed by atoms with van der Waals surface area (Å²) >= 11 is 0. The number of aldehydes is 1. The number of imidazole rings is 1. The van der Waals surface area contributed by atoms with Gasteiger partial charge in [-0.2, -0.15) is 4.98 Å². The number of aryl methyl sites for hydroxylation is 1. The standard InChI is InChI=1S/C15H18N4O3.C10H19NO2.C2H6/c1-19-10-16-7-13(19)15-17-12(8-20)6-14(18-15)22-9-11-2-4-21-5-3-11;1-11(2)9-3-5-10(6-4-9)12-7-8-13-10;1-2/h6-8,10-11H,2-5,9H2,1H3;9H,3-8H2,1-2H3;1-2H3. The zero-order valence-corrected chi connectivity index (χ0v) is 23.0. The van der Waals surface area contributed by atoms with E-state index in [9.17, 15) is 4.79 Å². The maximum atomic E-state index is 11.1. The Morgan fingerprint density at radius 2 is 1.76 bits per heavy atom. The lowest BCUT2D eigenvalue weighted by molar-refractivity contribution is -0.182. The molecule has 37 heavy (non-hydrogen) atoms. The number of ether oxygens (including phenoxy) is 4. The highest BCUT2D eigenvalue weighted by atomic mass is 16.7. The molecule has 5 rings (SSSR count). The summed E-state index contributed by atoms with van der Waals surface area (Å²) in [4.78, 5) is 26.0. The molecule has 1 aliphatic carbocycles. The van der Waals surface area contributed by atoms with Crippen molar-refractivity contribution in [3.05, 3.63) is 24.3 Å². The van der Waals surface area contributed by atoms with Gasteiger partial charge in [-0.1, -0.05) is 13.8 Å². The molecule has 0 N–H and O–H groups in total. The Labute approximate surface area is 220 Å². The number of nitrogens with zero attached hydrogens (tertiary/aromatic N) is 5. The van der Waals surface area contributed by atoms with Crippen molar-refractivity contribution in [2.45, 2.75) is 64.2 Å². The van der Waals surface area contributed by atoms with E-state index < -0.39 is 0 Å². The lowest BCUT2D eigenvalue weighted by Gasteiger charge is -2.37. The molecule has 2 aromatic heterocycles. The van der Waals surface area contributed by atoms with Crippen LogP contribution in [0.1, 0.15) is 62.9 Å². The van der Waals surface area contributed by atoms with Crippen LogP contribution in [0.3, 0.4) is 0 Å². The van der Waals surface area contributed by atoms with Crippen LogP contribution in [0.4, 0.5) is 0 Å². The van der Waals surface area contributed by atoms with E-state index in [4.69, 9.17) is 18.9 Å². The molecule has 4 heterocycles. The van der Waals surface area contributed by atoms with E-state index in [-0.39, 0.29) is 5.79 Å². The Hall–Kier alpha value is -2.40. The minimum absolute atomic E-state index is 0.188. The predicted octanol–water partition coefficient (Wildman–Crippen LogP) is 3.75. The number of aromatic nitrogens is 4. The molecule has 2 aliphatic heterocycles. The summed E-state index contributed by atoms with van der Waals surface area (Å²) in [6, 6.07) is 2.28. The van der Waals surface area contributed by atoms with Crippen LogP contribution >= 0.6 is 0 Å². The van der Waals surface area contributed by atoms with Gasteiger partial charge in [-0.25, -0.2) is 9.97 Å². The highest BCUT2D eigenvalue weighted by Crippen LogP contribution is 2.36. The molecule has 3 aliphatic rings. The summed E-state index contributed by atoms with van der Waals surface area (Å²) in [6.07, 6.45) is 10.5. The first-order valence-corrected chi connectivity index (χ1v) is 13.4. The van der Waals surface area contributed by atoms with Gasteiger partial charge in [0.1, 0.15) is 11.4 Å². The highest BCUT2D eigenvalue weighted by molar-refractivity contribution is 5.73. The van der Waals surface area contributed by atoms with E-state index in [2.05, 4.69) is 33.9 Å². The first-order valence-electron chi connectivity index (χ1n) is 13.4. The van der Waals surface area contributed by atoms with Gasteiger partial charge in [0.2, 0.25) is 5.88 Å². The van der Waals surface area contributed by atoms with Gasteiger partial charge < -0.3 is 28.4 Å². The lowest BCUT2D eigenvalue weighted by Crippen LogP contribution is -2.41. The van der Waals surface area contributed by atoms with E-state index >= 15 is 0 Å². The normalized spacial score (nSPS) is 19.6. The fourth-order valence-electron chi connectivity index (χ4n) is 4.73. The van der Waals surface area contributed by atoms with Crippen molar-refractivity contribution in [2.75, 3.05) is 47.1 Å². The fraction of sp³-hybridized carbons (Fsp3) is 0.704. The zero-order valence-electron chi connectivity index (χ0n) is 23.0. The van der Waals surface area contributed by atoms with Gasteiger partial charge in [-0.3, -0.25) is 4.79 Å². The SMILES string of the molecule is CC.CN(C)C1CCC2(CC1)OCCO2.Cn1cncc1-c1nc(C=O)cc(OCC2CCOCC2)n1. The second kappa shape index (κ2) is 14.5. The van der Waals surface area contributed by atoms with Crippen LogP contribution in [0.5, 0.6) is 5.88 Å². The van der Waals surface area contributed by atoms with Crippen LogP contribution in [-0.2, 0) is 21.3 Å². The van der Waals surface area contributed by atoms with Gasteiger partial charge in [-0.05, 0) is 45.7 Å². The number of carbonyl (C=O) groups excluding carboxylic acids is 1. The van der Waals surface area contributed by atoms with Crippen LogP contribution in [-0.4, -0.2) is 89.7 Å².